The monoisotopic (exact) mass is 332 g/mol. The molecule has 3 rings (SSSR count). The van der Waals surface area contributed by atoms with Crippen molar-refractivity contribution in [2.45, 2.75) is 6.42 Å². The second-order valence-electron chi connectivity index (χ2n) is 5.02. The number of para-hydroxylation sites is 1. The van der Waals surface area contributed by atoms with Gasteiger partial charge in [-0.1, -0.05) is 41.4 Å². The lowest BCUT2D eigenvalue weighted by atomic mass is 10.1. The summed E-state index contributed by atoms with van der Waals surface area (Å²) in [7, 11) is 0. The molecule has 2 aromatic carbocycles. The van der Waals surface area contributed by atoms with Crippen LogP contribution in [0.3, 0.4) is 0 Å². The van der Waals surface area contributed by atoms with Crippen LogP contribution in [-0.4, -0.2) is 17.4 Å². The molecule has 1 aromatic heterocycles. The number of carbonyl (C=O) groups excluding carboxylic acids is 1. The highest BCUT2D eigenvalue weighted by Crippen LogP contribution is 2.19. The summed E-state index contributed by atoms with van der Waals surface area (Å²) in [6.45, 7) is 0.546. The summed E-state index contributed by atoms with van der Waals surface area (Å²) in [5.41, 5.74) is 2.75. The van der Waals surface area contributed by atoms with E-state index in [1.165, 1.54) is 10.9 Å². The van der Waals surface area contributed by atoms with E-state index < -0.39 is 0 Å². The number of rotatable bonds is 4. The predicted octanol–water partition coefficient (Wildman–Crippen LogP) is 4.45. The van der Waals surface area contributed by atoms with Gasteiger partial charge in [0.1, 0.15) is 0 Å². The molecule has 0 radical (unpaired) electrons. The number of fused-ring (bicyclic) bond motifs is 1. The topological polar surface area (TPSA) is 44.9 Å². The highest BCUT2D eigenvalue weighted by molar-refractivity contribution is 6.35. The quantitative estimate of drug-likeness (QED) is 0.728. The summed E-state index contributed by atoms with van der Waals surface area (Å²) in [5.74, 6) is -0.177. The average Bonchev–Trinajstić information content (AvgIpc) is 2.90. The third-order valence-electron chi connectivity index (χ3n) is 3.48. The Hall–Kier alpha value is -1.97. The number of amides is 1. The Morgan fingerprint density at radius 2 is 1.82 bits per heavy atom. The SMILES string of the molecule is O=C(NCCc1c[nH]c2ccccc12)c1cc(Cl)cc(Cl)c1. The molecule has 0 spiro atoms. The normalized spacial score (nSPS) is 10.8. The number of hydrogen-bond donors (Lipinski definition) is 2. The molecule has 3 nitrogen and oxygen atoms in total. The van der Waals surface area contributed by atoms with Gasteiger partial charge in [-0.3, -0.25) is 4.79 Å². The molecule has 3 aromatic rings. The summed E-state index contributed by atoms with van der Waals surface area (Å²) in [5, 5.41) is 4.98. The molecule has 0 aliphatic heterocycles. The molecule has 1 heterocycles. The number of nitrogens with one attached hydrogen (secondary N) is 2. The van der Waals surface area contributed by atoms with E-state index in [1.807, 2.05) is 24.4 Å². The molecule has 2 N–H and O–H groups in total. The van der Waals surface area contributed by atoms with Crippen molar-refractivity contribution in [1.82, 2.24) is 10.3 Å². The maximum atomic E-state index is 12.1. The van der Waals surface area contributed by atoms with Gasteiger partial charge in [0.2, 0.25) is 0 Å². The highest BCUT2D eigenvalue weighted by atomic mass is 35.5. The number of carbonyl (C=O) groups is 1. The van der Waals surface area contributed by atoms with E-state index in [2.05, 4.69) is 16.4 Å². The van der Waals surface area contributed by atoms with Crippen LogP contribution < -0.4 is 5.32 Å². The summed E-state index contributed by atoms with van der Waals surface area (Å²) in [4.78, 5) is 15.3. The number of aromatic nitrogens is 1. The van der Waals surface area contributed by atoms with Gasteiger partial charge in [0, 0.05) is 39.3 Å². The molecule has 0 saturated heterocycles. The second kappa shape index (κ2) is 6.42. The van der Waals surface area contributed by atoms with Gasteiger partial charge in [-0.15, -0.1) is 0 Å². The zero-order chi connectivity index (χ0) is 15.5. The maximum Gasteiger partial charge on any atom is 0.251 e. The molecular formula is C17H14Cl2N2O. The third kappa shape index (κ3) is 3.26. The Balaban J connectivity index is 1.64. The molecule has 0 fully saturated rings. The van der Waals surface area contributed by atoms with Crippen LogP contribution in [0, 0.1) is 0 Å². The zero-order valence-corrected chi connectivity index (χ0v) is 13.2. The van der Waals surface area contributed by atoms with Gasteiger partial charge in [0.25, 0.3) is 5.91 Å². The van der Waals surface area contributed by atoms with E-state index in [0.29, 0.717) is 22.2 Å². The molecule has 112 valence electrons. The molecule has 0 unspecified atom stereocenters. The first-order chi connectivity index (χ1) is 10.6. The number of aromatic amines is 1. The zero-order valence-electron chi connectivity index (χ0n) is 11.7. The van der Waals surface area contributed by atoms with Crippen molar-refractivity contribution < 1.29 is 4.79 Å². The molecule has 0 aliphatic rings. The molecule has 22 heavy (non-hydrogen) atoms. The molecule has 0 bridgehead atoms. The third-order valence-corrected chi connectivity index (χ3v) is 3.92. The lowest BCUT2D eigenvalue weighted by Gasteiger charge is -2.06. The fourth-order valence-corrected chi connectivity index (χ4v) is 2.96. The van der Waals surface area contributed by atoms with E-state index in [4.69, 9.17) is 23.2 Å². The van der Waals surface area contributed by atoms with Crippen LogP contribution in [0.2, 0.25) is 10.0 Å². The maximum absolute atomic E-state index is 12.1. The van der Waals surface area contributed by atoms with Crippen LogP contribution in [-0.2, 0) is 6.42 Å². The molecule has 0 atom stereocenters. The van der Waals surface area contributed by atoms with Crippen LogP contribution in [0.4, 0.5) is 0 Å². The summed E-state index contributed by atoms with van der Waals surface area (Å²) in [6, 6.07) is 12.9. The first kappa shape index (κ1) is 14.9. The second-order valence-corrected chi connectivity index (χ2v) is 5.90. The highest BCUT2D eigenvalue weighted by Gasteiger charge is 2.08. The molecule has 5 heteroatoms. The minimum absolute atomic E-state index is 0.177. The Morgan fingerprint density at radius 1 is 1.09 bits per heavy atom. The summed E-state index contributed by atoms with van der Waals surface area (Å²) >= 11 is 11.8. The number of hydrogen-bond acceptors (Lipinski definition) is 1. The molecular weight excluding hydrogens is 319 g/mol. The van der Waals surface area contributed by atoms with E-state index in [1.54, 1.807) is 18.2 Å². The van der Waals surface area contributed by atoms with Crippen LogP contribution >= 0.6 is 23.2 Å². The van der Waals surface area contributed by atoms with Crippen LogP contribution in [0.25, 0.3) is 10.9 Å². The van der Waals surface area contributed by atoms with Crippen molar-refractivity contribution in [2.75, 3.05) is 6.54 Å². The number of halogens is 2. The van der Waals surface area contributed by atoms with E-state index in [0.717, 1.165) is 11.9 Å². The summed E-state index contributed by atoms with van der Waals surface area (Å²) < 4.78 is 0. The Labute approximate surface area is 138 Å². The van der Waals surface area contributed by atoms with Gasteiger partial charge in [0.05, 0.1) is 0 Å². The lowest BCUT2D eigenvalue weighted by Crippen LogP contribution is -2.25. The first-order valence-electron chi connectivity index (χ1n) is 6.93. The van der Waals surface area contributed by atoms with E-state index >= 15 is 0 Å². The van der Waals surface area contributed by atoms with Crippen molar-refractivity contribution in [3.05, 3.63) is 69.8 Å². The smallest absolute Gasteiger partial charge is 0.251 e. The fraction of sp³-hybridized carbons (Fsp3) is 0.118. The van der Waals surface area contributed by atoms with Crippen molar-refractivity contribution in [2.24, 2.45) is 0 Å². The van der Waals surface area contributed by atoms with Crippen molar-refractivity contribution in [1.29, 1.82) is 0 Å². The van der Waals surface area contributed by atoms with Crippen LogP contribution in [0.15, 0.2) is 48.7 Å². The molecule has 0 aliphatic carbocycles. The number of H-pyrrole nitrogens is 1. The van der Waals surface area contributed by atoms with Gasteiger partial charge in [-0.2, -0.15) is 0 Å². The van der Waals surface area contributed by atoms with E-state index in [9.17, 15) is 4.79 Å². The van der Waals surface area contributed by atoms with Crippen molar-refractivity contribution >= 4 is 40.0 Å². The van der Waals surface area contributed by atoms with Crippen molar-refractivity contribution in [3.63, 3.8) is 0 Å². The van der Waals surface area contributed by atoms with Gasteiger partial charge in [0.15, 0.2) is 0 Å². The van der Waals surface area contributed by atoms with Gasteiger partial charge in [-0.05, 0) is 36.2 Å². The fourth-order valence-electron chi connectivity index (χ4n) is 2.44. The van der Waals surface area contributed by atoms with Gasteiger partial charge >= 0.3 is 0 Å². The summed E-state index contributed by atoms with van der Waals surface area (Å²) in [6.07, 6.45) is 2.73. The van der Waals surface area contributed by atoms with E-state index in [-0.39, 0.29) is 5.91 Å². The molecule has 1 amide bonds. The Morgan fingerprint density at radius 3 is 2.59 bits per heavy atom. The van der Waals surface area contributed by atoms with Crippen LogP contribution in [0.1, 0.15) is 15.9 Å². The van der Waals surface area contributed by atoms with Gasteiger partial charge in [-0.25, -0.2) is 0 Å². The predicted molar refractivity (Wildman–Crippen MR) is 90.8 cm³/mol. The Kier molecular flexibility index (Phi) is 4.36. The number of benzene rings is 2. The standard InChI is InChI=1S/C17H14Cl2N2O/c18-13-7-12(8-14(19)9-13)17(22)20-6-5-11-10-21-16-4-2-1-3-15(11)16/h1-4,7-10,21H,5-6H2,(H,20,22). The minimum atomic E-state index is -0.177. The largest absolute Gasteiger partial charge is 0.361 e. The molecule has 0 saturated carbocycles. The average molecular weight is 333 g/mol. The van der Waals surface area contributed by atoms with Gasteiger partial charge < -0.3 is 10.3 Å². The van der Waals surface area contributed by atoms with Crippen LogP contribution in [0.5, 0.6) is 0 Å². The lowest BCUT2D eigenvalue weighted by molar-refractivity contribution is 0.0954. The van der Waals surface area contributed by atoms with Crippen molar-refractivity contribution in [3.8, 4) is 0 Å². The first-order valence-corrected chi connectivity index (χ1v) is 7.68. The minimum Gasteiger partial charge on any atom is -0.361 e. The Bertz CT molecular complexity index is 806.